The van der Waals surface area contributed by atoms with Gasteiger partial charge in [0.05, 0.1) is 6.26 Å². The molecule has 0 bridgehead atoms. The van der Waals surface area contributed by atoms with Crippen molar-refractivity contribution in [2.45, 2.75) is 13.3 Å². The molecule has 0 unspecified atom stereocenters. The molecule has 0 saturated heterocycles. The number of benzene rings is 2. The molecule has 2 aromatic carbocycles. The second-order valence-electron chi connectivity index (χ2n) is 6.04. The van der Waals surface area contributed by atoms with Crippen molar-refractivity contribution in [1.82, 2.24) is 0 Å². The van der Waals surface area contributed by atoms with Gasteiger partial charge in [-0.15, -0.1) is 0 Å². The Morgan fingerprint density at radius 3 is 2.54 bits per heavy atom. The summed E-state index contributed by atoms with van der Waals surface area (Å²) in [5.41, 5.74) is 2.22. The molecule has 0 spiro atoms. The van der Waals surface area contributed by atoms with Gasteiger partial charge in [-0.05, 0) is 36.2 Å². The third-order valence-corrected chi connectivity index (χ3v) is 4.46. The van der Waals surface area contributed by atoms with Crippen LogP contribution in [0.3, 0.4) is 0 Å². The third-order valence-electron chi connectivity index (χ3n) is 4.46. The summed E-state index contributed by atoms with van der Waals surface area (Å²) in [6.45, 7) is 1.67. The normalized spacial score (nSPS) is 11.3. The van der Waals surface area contributed by atoms with Crippen molar-refractivity contribution in [1.29, 1.82) is 0 Å². The average molecular weight is 351 g/mol. The quantitative estimate of drug-likeness (QED) is 0.530. The van der Waals surface area contributed by atoms with Crippen LogP contribution in [0.2, 0.25) is 0 Å². The summed E-state index contributed by atoms with van der Waals surface area (Å²) in [7, 11) is 0. The van der Waals surface area contributed by atoms with Gasteiger partial charge >= 0.3 is 5.63 Å². The van der Waals surface area contributed by atoms with Crippen LogP contribution in [-0.4, -0.2) is 5.97 Å². The monoisotopic (exact) mass is 351 g/mol. The maximum Gasteiger partial charge on any atom is 0.340 e. The first kappa shape index (κ1) is 16.1. The van der Waals surface area contributed by atoms with E-state index in [-0.39, 0.29) is 11.4 Å². The number of fused-ring (bicyclic) bond motifs is 2. The summed E-state index contributed by atoms with van der Waals surface area (Å²) < 4.78 is 24.0. The Balaban J connectivity index is 1.99. The van der Waals surface area contributed by atoms with E-state index in [1.807, 2.05) is 0 Å². The van der Waals surface area contributed by atoms with Crippen LogP contribution >= 0.6 is 0 Å². The van der Waals surface area contributed by atoms with Gasteiger partial charge in [0.1, 0.15) is 17.0 Å². The van der Waals surface area contributed by atoms with E-state index in [4.69, 9.17) is 8.83 Å². The summed E-state index contributed by atoms with van der Waals surface area (Å²) >= 11 is 0. The maximum atomic E-state index is 13.2. The van der Waals surface area contributed by atoms with Crippen molar-refractivity contribution < 1.29 is 23.1 Å². The topological polar surface area (TPSA) is 83.5 Å². The van der Waals surface area contributed by atoms with Crippen molar-refractivity contribution in [2.24, 2.45) is 0 Å². The van der Waals surface area contributed by atoms with Crippen LogP contribution in [-0.2, 0) is 11.2 Å². The van der Waals surface area contributed by atoms with Gasteiger partial charge in [0, 0.05) is 40.4 Å². The van der Waals surface area contributed by atoms with Gasteiger partial charge in [0.2, 0.25) is 0 Å². The Morgan fingerprint density at radius 2 is 1.85 bits per heavy atom. The number of hydrogen-bond donors (Lipinski definition) is 0. The fourth-order valence-electron chi connectivity index (χ4n) is 3.11. The zero-order valence-electron chi connectivity index (χ0n) is 13.7. The van der Waals surface area contributed by atoms with Gasteiger partial charge in [0.15, 0.2) is 0 Å². The number of aliphatic carboxylic acids is 1. The number of carboxylic acids is 1. The van der Waals surface area contributed by atoms with Crippen molar-refractivity contribution in [3.8, 4) is 11.1 Å². The van der Waals surface area contributed by atoms with E-state index < -0.39 is 18.0 Å². The molecule has 0 aliphatic carbocycles. The molecule has 4 rings (SSSR count). The third kappa shape index (κ3) is 2.56. The molecule has 0 aliphatic heterocycles. The molecule has 0 amide bonds. The Hall–Kier alpha value is -3.41. The number of hydrogen-bond acceptors (Lipinski definition) is 5. The molecule has 26 heavy (non-hydrogen) atoms. The highest BCUT2D eigenvalue weighted by molar-refractivity contribution is 6.02. The number of aryl methyl sites for hydroxylation is 1. The van der Waals surface area contributed by atoms with Gasteiger partial charge in [-0.25, -0.2) is 9.18 Å². The zero-order valence-corrected chi connectivity index (χ0v) is 13.7. The molecule has 2 aromatic heterocycles. The molecule has 130 valence electrons. The molecular weight excluding hydrogens is 339 g/mol. The number of furan rings is 1. The molecule has 6 heteroatoms. The van der Waals surface area contributed by atoms with E-state index in [1.165, 1.54) is 12.1 Å². The molecule has 0 radical (unpaired) electrons. The highest BCUT2D eigenvalue weighted by Crippen LogP contribution is 2.34. The lowest BCUT2D eigenvalue weighted by atomic mass is 9.99. The molecular formula is C20H12FO5-. The fraction of sp³-hybridized carbons (Fsp3) is 0.100. The summed E-state index contributed by atoms with van der Waals surface area (Å²) in [6.07, 6.45) is 1.03. The molecule has 0 aliphatic rings. The van der Waals surface area contributed by atoms with Crippen molar-refractivity contribution in [3.05, 3.63) is 70.0 Å². The highest BCUT2D eigenvalue weighted by atomic mass is 19.1. The predicted molar refractivity (Wildman–Crippen MR) is 91.1 cm³/mol. The fourth-order valence-corrected chi connectivity index (χ4v) is 3.11. The van der Waals surface area contributed by atoms with Gasteiger partial charge in [-0.3, -0.25) is 0 Å². The number of rotatable bonds is 3. The molecule has 4 aromatic rings. The summed E-state index contributed by atoms with van der Waals surface area (Å²) in [4.78, 5) is 23.0. The van der Waals surface area contributed by atoms with E-state index in [9.17, 15) is 19.1 Å². The van der Waals surface area contributed by atoms with Gasteiger partial charge in [-0.1, -0.05) is 12.1 Å². The van der Waals surface area contributed by atoms with E-state index in [0.717, 1.165) is 16.5 Å². The molecule has 2 heterocycles. The Morgan fingerprint density at radius 1 is 1.12 bits per heavy atom. The predicted octanol–water partition coefficient (Wildman–Crippen LogP) is 2.95. The Kier molecular flexibility index (Phi) is 3.61. The van der Waals surface area contributed by atoms with E-state index in [0.29, 0.717) is 22.1 Å². The maximum absolute atomic E-state index is 13.2. The lowest BCUT2D eigenvalue weighted by Gasteiger charge is -2.08. The van der Waals surface area contributed by atoms with Crippen LogP contribution in [0.15, 0.2) is 56.3 Å². The lowest BCUT2D eigenvalue weighted by molar-refractivity contribution is -0.304. The average Bonchev–Trinajstić information content (AvgIpc) is 3.00. The Labute approximate surface area is 146 Å². The first-order chi connectivity index (χ1) is 12.4. The number of carbonyl (C=O) groups excluding carboxylic acids is 1. The van der Waals surface area contributed by atoms with Crippen LogP contribution in [0.4, 0.5) is 4.39 Å². The minimum atomic E-state index is -1.35. The minimum absolute atomic E-state index is 0.0590. The zero-order chi connectivity index (χ0) is 18.4. The molecule has 0 N–H and O–H groups in total. The lowest BCUT2D eigenvalue weighted by Crippen LogP contribution is -2.27. The van der Waals surface area contributed by atoms with Crippen LogP contribution in [0.1, 0.15) is 11.1 Å². The summed E-state index contributed by atoms with van der Waals surface area (Å²) in [5, 5.41) is 12.3. The first-order valence-corrected chi connectivity index (χ1v) is 7.87. The summed E-state index contributed by atoms with van der Waals surface area (Å²) in [6, 6.07) is 9.38. The van der Waals surface area contributed by atoms with Crippen molar-refractivity contribution >= 4 is 27.9 Å². The first-order valence-electron chi connectivity index (χ1n) is 7.87. The van der Waals surface area contributed by atoms with Crippen molar-refractivity contribution in [2.75, 3.05) is 0 Å². The molecule has 0 saturated carbocycles. The van der Waals surface area contributed by atoms with E-state index in [2.05, 4.69) is 0 Å². The number of halogens is 1. The minimum Gasteiger partial charge on any atom is -0.550 e. The molecule has 0 atom stereocenters. The second kappa shape index (κ2) is 5.84. The van der Waals surface area contributed by atoms with Crippen molar-refractivity contribution in [3.63, 3.8) is 0 Å². The summed E-state index contributed by atoms with van der Waals surface area (Å²) in [5.74, 6) is -1.69. The molecule has 0 fully saturated rings. The van der Waals surface area contributed by atoms with E-state index >= 15 is 0 Å². The van der Waals surface area contributed by atoms with Gasteiger partial charge in [-0.2, -0.15) is 0 Å². The second-order valence-corrected chi connectivity index (χ2v) is 6.04. The van der Waals surface area contributed by atoms with Crippen LogP contribution in [0, 0.1) is 12.7 Å². The number of carboxylic acid groups (broad SMARTS) is 1. The van der Waals surface area contributed by atoms with Crippen LogP contribution in [0.25, 0.3) is 33.1 Å². The smallest absolute Gasteiger partial charge is 0.340 e. The Bertz CT molecular complexity index is 1220. The van der Waals surface area contributed by atoms with Crippen LogP contribution < -0.4 is 10.7 Å². The largest absolute Gasteiger partial charge is 0.550 e. The van der Waals surface area contributed by atoms with Gasteiger partial charge < -0.3 is 18.7 Å². The molecule has 5 nitrogen and oxygen atoms in total. The SMILES string of the molecule is Cc1c(CC(=O)[O-])c(=O)oc2cc3occ(-c4ccc(F)cc4)c3cc12. The van der Waals surface area contributed by atoms with Crippen LogP contribution in [0.5, 0.6) is 0 Å². The van der Waals surface area contributed by atoms with E-state index in [1.54, 1.807) is 37.5 Å². The standard InChI is InChI=1S/C20H13FO5/c1-10-13-6-15-16(11-2-4-12(21)5-3-11)9-25-17(15)8-18(13)26-20(24)14(10)7-19(22)23/h2-6,8-9H,7H2,1H3,(H,22,23)/p-1. The van der Waals surface area contributed by atoms with Gasteiger partial charge in [0.25, 0.3) is 0 Å². The highest BCUT2D eigenvalue weighted by Gasteiger charge is 2.16. The number of carbonyl (C=O) groups is 1.